The van der Waals surface area contributed by atoms with Crippen LogP contribution in [0.2, 0.25) is 0 Å². The number of nitrogens with one attached hydrogen (secondary N) is 1. The summed E-state index contributed by atoms with van der Waals surface area (Å²) in [5.41, 5.74) is 0.254. The van der Waals surface area contributed by atoms with Crippen LogP contribution in [0.5, 0.6) is 0 Å². The molecule has 0 fully saturated rings. The third-order valence-electron chi connectivity index (χ3n) is 2.90. The van der Waals surface area contributed by atoms with Gasteiger partial charge in [-0.05, 0) is 31.0 Å². The van der Waals surface area contributed by atoms with Gasteiger partial charge in [0.25, 0.3) is 0 Å². The highest BCUT2D eigenvalue weighted by Crippen LogP contribution is 2.33. The lowest BCUT2D eigenvalue weighted by atomic mass is 10.1. The molecular formula is C14H20F3N. The van der Waals surface area contributed by atoms with E-state index in [9.17, 15) is 13.2 Å². The fourth-order valence-electron chi connectivity index (χ4n) is 1.82. The molecule has 0 spiro atoms. The van der Waals surface area contributed by atoms with Gasteiger partial charge >= 0.3 is 6.18 Å². The Morgan fingerprint density at radius 2 is 1.83 bits per heavy atom. The predicted molar refractivity (Wildman–Crippen MR) is 68.8 cm³/mol. The van der Waals surface area contributed by atoms with Gasteiger partial charge in [-0.2, -0.15) is 13.2 Å². The largest absolute Gasteiger partial charge is 0.416 e. The molecule has 0 saturated heterocycles. The summed E-state index contributed by atoms with van der Waals surface area (Å²) in [6, 6.07) is 4.40. The van der Waals surface area contributed by atoms with Crippen LogP contribution in [0, 0.1) is 6.92 Å². The molecule has 0 aliphatic carbocycles. The summed E-state index contributed by atoms with van der Waals surface area (Å²) in [6.07, 6.45) is 0.153. The number of unbranched alkanes of at least 4 members (excludes halogenated alkanes) is 3. The number of alkyl halides is 3. The number of rotatable bonds is 6. The SMILES string of the molecule is CCCCCCNc1ccc(C)c(C(F)(F)F)c1. The van der Waals surface area contributed by atoms with E-state index < -0.39 is 11.7 Å². The lowest BCUT2D eigenvalue weighted by molar-refractivity contribution is -0.138. The Bertz CT molecular complexity index is 372. The predicted octanol–water partition coefficient (Wildman–Crippen LogP) is 5.01. The van der Waals surface area contributed by atoms with E-state index in [1.165, 1.54) is 25.5 Å². The number of anilines is 1. The number of hydrogen-bond donors (Lipinski definition) is 1. The first-order valence-corrected chi connectivity index (χ1v) is 6.37. The van der Waals surface area contributed by atoms with Crippen molar-refractivity contribution >= 4 is 5.69 Å². The van der Waals surface area contributed by atoms with Crippen molar-refractivity contribution in [3.63, 3.8) is 0 Å². The average molecular weight is 259 g/mol. The molecule has 0 aromatic heterocycles. The van der Waals surface area contributed by atoms with E-state index in [4.69, 9.17) is 0 Å². The normalized spacial score (nSPS) is 11.6. The zero-order valence-electron chi connectivity index (χ0n) is 10.9. The van der Waals surface area contributed by atoms with Crippen LogP contribution in [0.25, 0.3) is 0 Å². The molecule has 0 saturated carbocycles. The van der Waals surface area contributed by atoms with Crippen molar-refractivity contribution in [2.75, 3.05) is 11.9 Å². The van der Waals surface area contributed by atoms with Crippen LogP contribution >= 0.6 is 0 Å². The molecule has 1 rings (SSSR count). The van der Waals surface area contributed by atoms with Crippen LogP contribution in [-0.4, -0.2) is 6.54 Å². The number of hydrogen-bond acceptors (Lipinski definition) is 1. The van der Waals surface area contributed by atoms with Crippen molar-refractivity contribution in [2.45, 2.75) is 45.7 Å². The zero-order valence-corrected chi connectivity index (χ0v) is 10.9. The topological polar surface area (TPSA) is 12.0 Å². The van der Waals surface area contributed by atoms with Gasteiger partial charge in [-0.15, -0.1) is 0 Å². The monoisotopic (exact) mass is 259 g/mol. The summed E-state index contributed by atoms with van der Waals surface area (Å²) in [7, 11) is 0. The van der Waals surface area contributed by atoms with E-state index in [1.807, 2.05) is 0 Å². The quantitative estimate of drug-likeness (QED) is 0.708. The van der Waals surface area contributed by atoms with Gasteiger partial charge in [0.15, 0.2) is 0 Å². The Morgan fingerprint density at radius 1 is 1.11 bits per heavy atom. The fourth-order valence-corrected chi connectivity index (χ4v) is 1.82. The molecule has 0 atom stereocenters. The van der Waals surface area contributed by atoms with Gasteiger partial charge in [-0.1, -0.05) is 32.3 Å². The van der Waals surface area contributed by atoms with Crippen LogP contribution in [0.4, 0.5) is 18.9 Å². The van der Waals surface area contributed by atoms with Crippen LogP contribution < -0.4 is 5.32 Å². The highest BCUT2D eigenvalue weighted by Gasteiger charge is 2.32. The first-order valence-electron chi connectivity index (χ1n) is 6.37. The third-order valence-corrected chi connectivity index (χ3v) is 2.90. The molecule has 1 nitrogen and oxygen atoms in total. The van der Waals surface area contributed by atoms with Crippen molar-refractivity contribution in [1.82, 2.24) is 0 Å². The molecule has 18 heavy (non-hydrogen) atoms. The average Bonchev–Trinajstić information content (AvgIpc) is 2.29. The van der Waals surface area contributed by atoms with E-state index in [0.29, 0.717) is 5.69 Å². The molecule has 0 bridgehead atoms. The highest BCUT2D eigenvalue weighted by atomic mass is 19.4. The molecule has 0 unspecified atom stereocenters. The summed E-state index contributed by atoms with van der Waals surface area (Å²) in [5, 5.41) is 3.04. The molecule has 102 valence electrons. The second-order valence-corrected chi connectivity index (χ2v) is 4.51. The summed E-state index contributed by atoms with van der Waals surface area (Å²) in [4.78, 5) is 0. The van der Waals surface area contributed by atoms with Crippen molar-refractivity contribution < 1.29 is 13.2 Å². The molecular weight excluding hydrogens is 239 g/mol. The minimum absolute atomic E-state index is 0.263. The number of halogens is 3. The Kier molecular flexibility index (Phi) is 5.51. The standard InChI is InChI=1S/C14H20F3N/c1-3-4-5-6-9-18-12-8-7-11(2)13(10-12)14(15,16)17/h7-8,10,18H,3-6,9H2,1-2H3. The minimum Gasteiger partial charge on any atom is -0.385 e. The van der Waals surface area contributed by atoms with Crippen molar-refractivity contribution in [1.29, 1.82) is 0 Å². The van der Waals surface area contributed by atoms with Gasteiger partial charge in [0, 0.05) is 12.2 Å². The van der Waals surface area contributed by atoms with E-state index >= 15 is 0 Å². The summed E-state index contributed by atoms with van der Waals surface area (Å²) < 4.78 is 38.1. The van der Waals surface area contributed by atoms with Crippen LogP contribution in [0.3, 0.4) is 0 Å². The smallest absolute Gasteiger partial charge is 0.385 e. The van der Waals surface area contributed by atoms with E-state index in [1.54, 1.807) is 6.07 Å². The van der Waals surface area contributed by atoms with E-state index in [0.717, 1.165) is 25.8 Å². The molecule has 0 radical (unpaired) electrons. The van der Waals surface area contributed by atoms with Crippen molar-refractivity contribution in [3.8, 4) is 0 Å². The molecule has 0 aliphatic heterocycles. The summed E-state index contributed by atoms with van der Waals surface area (Å²) in [6.45, 7) is 4.33. The van der Waals surface area contributed by atoms with Crippen molar-refractivity contribution in [3.05, 3.63) is 29.3 Å². The van der Waals surface area contributed by atoms with Gasteiger partial charge in [-0.3, -0.25) is 0 Å². The second-order valence-electron chi connectivity index (χ2n) is 4.51. The van der Waals surface area contributed by atoms with Crippen LogP contribution in [0.1, 0.15) is 43.7 Å². The van der Waals surface area contributed by atoms with Gasteiger partial charge in [0.2, 0.25) is 0 Å². The Hall–Kier alpha value is -1.19. The lowest BCUT2D eigenvalue weighted by Gasteiger charge is -2.13. The molecule has 0 heterocycles. The van der Waals surface area contributed by atoms with Gasteiger partial charge < -0.3 is 5.32 Å². The first-order chi connectivity index (χ1) is 8.45. The van der Waals surface area contributed by atoms with E-state index in [-0.39, 0.29) is 5.56 Å². The van der Waals surface area contributed by atoms with E-state index in [2.05, 4.69) is 12.2 Å². The number of aryl methyl sites for hydroxylation is 1. The minimum atomic E-state index is -4.27. The van der Waals surface area contributed by atoms with Crippen molar-refractivity contribution in [2.24, 2.45) is 0 Å². The summed E-state index contributed by atoms with van der Waals surface area (Å²) in [5.74, 6) is 0. The molecule has 1 aromatic carbocycles. The third kappa shape index (κ3) is 4.59. The van der Waals surface area contributed by atoms with Crippen LogP contribution in [0.15, 0.2) is 18.2 Å². The molecule has 4 heteroatoms. The highest BCUT2D eigenvalue weighted by molar-refractivity contribution is 5.49. The Balaban J connectivity index is 2.57. The maximum atomic E-state index is 12.7. The molecule has 1 N–H and O–H groups in total. The summed E-state index contributed by atoms with van der Waals surface area (Å²) >= 11 is 0. The number of benzene rings is 1. The van der Waals surface area contributed by atoms with Gasteiger partial charge in [-0.25, -0.2) is 0 Å². The molecule has 0 aliphatic rings. The Labute approximate surface area is 106 Å². The first kappa shape index (κ1) is 14.9. The van der Waals surface area contributed by atoms with Crippen LogP contribution in [-0.2, 0) is 6.18 Å². The maximum absolute atomic E-state index is 12.7. The lowest BCUT2D eigenvalue weighted by Crippen LogP contribution is -2.09. The molecule has 0 amide bonds. The Morgan fingerprint density at radius 3 is 2.44 bits per heavy atom. The van der Waals surface area contributed by atoms with Gasteiger partial charge in [0.1, 0.15) is 0 Å². The maximum Gasteiger partial charge on any atom is 0.416 e. The van der Waals surface area contributed by atoms with Gasteiger partial charge in [0.05, 0.1) is 5.56 Å². The second kappa shape index (κ2) is 6.66. The fraction of sp³-hybridized carbons (Fsp3) is 0.571. The zero-order chi connectivity index (χ0) is 13.6. The molecule has 1 aromatic rings.